The number of pyridine rings is 1. The molecule has 0 bridgehead atoms. The SMILES string of the molecule is COc1cccc(CN2CC[C@]3(CCC[C@@H](CNC(=O)c4cccnc4)O3)C2)c1.O=CO.O=CO. The topological polar surface area (TPSA) is 138 Å². The first-order valence-electron chi connectivity index (χ1n) is 11.4. The molecule has 1 aromatic carbocycles. The normalized spacial score (nSPS) is 21.0. The summed E-state index contributed by atoms with van der Waals surface area (Å²) in [5.74, 6) is 0.808. The Bertz CT molecular complexity index is 922. The maximum absolute atomic E-state index is 12.3. The van der Waals surface area contributed by atoms with E-state index < -0.39 is 0 Å². The summed E-state index contributed by atoms with van der Waals surface area (Å²) in [7, 11) is 1.70. The lowest BCUT2D eigenvalue weighted by molar-refractivity contribution is -0.123. The van der Waals surface area contributed by atoms with Crippen LogP contribution in [0.1, 0.15) is 41.6 Å². The molecule has 2 atom stereocenters. The van der Waals surface area contributed by atoms with Gasteiger partial charge in [-0.1, -0.05) is 12.1 Å². The quantitative estimate of drug-likeness (QED) is 0.524. The predicted octanol–water partition coefficient (Wildman–Crippen LogP) is 2.44. The molecular formula is C25H33N3O7. The molecule has 2 aliphatic rings. The van der Waals surface area contributed by atoms with Crippen LogP contribution >= 0.6 is 0 Å². The smallest absolute Gasteiger partial charge is 0.290 e. The number of carboxylic acid groups (broad SMARTS) is 2. The van der Waals surface area contributed by atoms with E-state index >= 15 is 0 Å². The lowest BCUT2D eigenvalue weighted by Gasteiger charge is -2.39. The van der Waals surface area contributed by atoms with Gasteiger partial charge in [0.2, 0.25) is 0 Å². The van der Waals surface area contributed by atoms with Gasteiger partial charge in [0.15, 0.2) is 0 Å². The van der Waals surface area contributed by atoms with E-state index in [1.807, 2.05) is 12.1 Å². The minimum atomic E-state index is -0.250. The molecular weight excluding hydrogens is 454 g/mol. The van der Waals surface area contributed by atoms with Crippen LogP contribution < -0.4 is 10.1 Å². The first-order valence-corrected chi connectivity index (χ1v) is 11.4. The summed E-state index contributed by atoms with van der Waals surface area (Å²) in [6, 6.07) is 11.8. The number of hydrogen-bond acceptors (Lipinski definition) is 7. The van der Waals surface area contributed by atoms with Gasteiger partial charge >= 0.3 is 0 Å². The van der Waals surface area contributed by atoms with E-state index in [9.17, 15) is 4.79 Å². The Morgan fingerprint density at radius 1 is 1.26 bits per heavy atom. The van der Waals surface area contributed by atoms with Gasteiger partial charge in [-0.05, 0) is 55.5 Å². The van der Waals surface area contributed by atoms with Crippen molar-refractivity contribution in [2.24, 2.45) is 0 Å². The minimum Gasteiger partial charge on any atom is -0.497 e. The number of ether oxygens (including phenoxy) is 2. The van der Waals surface area contributed by atoms with Crippen molar-refractivity contribution in [3.05, 3.63) is 59.9 Å². The van der Waals surface area contributed by atoms with Crippen molar-refractivity contribution < 1.29 is 34.1 Å². The summed E-state index contributed by atoms with van der Waals surface area (Å²) in [4.78, 5) is 35.5. The van der Waals surface area contributed by atoms with E-state index in [0.717, 1.165) is 51.1 Å². The van der Waals surface area contributed by atoms with Gasteiger partial charge in [-0.25, -0.2) is 0 Å². The van der Waals surface area contributed by atoms with Gasteiger partial charge in [-0.2, -0.15) is 0 Å². The number of methoxy groups -OCH3 is 1. The van der Waals surface area contributed by atoms with Crippen LogP contribution in [0.5, 0.6) is 5.75 Å². The third kappa shape index (κ3) is 8.99. The maximum atomic E-state index is 12.3. The van der Waals surface area contributed by atoms with Crippen molar-refractivity contribution in [3.8, 4) is 5.75 Å². The van der Waals surface area contributed by atoms with Crippen molar-refractivity contribution in [2.45, 2.75) is 43.9 Å². The second-order valence-corrected chi connectivity index (χ2v) is 8.29. The average molecular weight is 488 g/mol. The van der Waals surface area contributed by atoms with Crippen LogP contribution in [0.2, 0.25) is 0 Å². The first kappa shape index (κ1) is 27.7. The van der Waals surface area contributed by atoms with E-state index in [2.05, 4.69) is 27.3 Å². The zero-order valence-corrected chi connectivity index (χ0v) is 19.8. The van der Waals surface area contributed by atoms with Crippen molar-refractivity contribution in [3.63, 3.8) is 0 Å². The Kier molecular flexibility index (Phi) is 11.6. The number of carbonyl (C=O) groups is 3. The van der Waals surface area contributed by atoms with E-state index in [1.54, 1.807) is 31.6 Å². The molecule has 1 spiro atoms. The number of carbonyl (C=O) groups excluding carboxylic acids is 1. The Morgan fingerprint density at radius 3 is 2.71 bits per heavy atom. The molecule has 3 N–H and O–H groups in total. The predicted molar refractivity (Wildman–Crippen MR) is 128 cm³/mol. The molecule has 35 heavy (non-hydrogen) atoms. The number of nitrogens with one attached hydrogen (secondary N) is 1. The molecule has 4 rings (SSSR count). The van der Waals surface area contributed by atoms with Gasteiger partial charge in [0.25, 0.3) is 18.9 Å². The van der Waals surface area contributed by atoms with Gasteiger partial charge in [0.05, 0.1) is 24.4 Å². The highest BCUT2D eigenvalue weighted by molar-refractivity contribution is 5.93. The fraction of sp³-hybridized carbons (Fsp3) is 0.440. The number of hydrogen-bond donors (Lipinski definition) is 3. The molecule has 190 valence electrons. The molecule has 0 aliphatic carbocycles. The molecule has 0 unspecified atom stereocenters. The Labute approximate surface area is 204 Å². The molecule has 1 aromatic heterocycles. The van der Waals surface area contributed by atoms with Gasteiger partial charge in [-0.3, -0.25) is 24.3 Å². The molecule has 0 radical (unpaired) electrons. The highest BCUT2D eigenvalue weighted by Crippen LogP contribution is 2.37. The van der Waals surface area contributed by atoms with Gasteiger partial charge in [0, 0.05) is 38.6 Å². The van der Waals surface area contributed by atoms with Crippen LogP contribution in [-0.4, -0.2) is 77.4 Å². The number of likely N-dealkylation sites (tertiary alicyclic amines) is 1. The Balaban J connectivity index is 0.000000655. The molecule has 1 amide bonds. The zero-order valence-electron chi connectivity index (χ0n) is 19.8. The third-order valence-corrected chi connectivity index (χ3v) is 5.92. The van der Waals surface area contributed by atoms with E-state index in [-0.39, 0.29) is 30.6 Å². The minimum absolute atomic E-state index is 0.0705. The van der Waals surface area contributed by atoms with E-state index in [4.69, 9.17) is 29.3 Å². The average Bonchev–Trinajstić information content (AvgIpc) is 3.25. The van der Waals surface area contributed by atoms with Crippen LogP contribution in [-0.2, 0) is 20.9 Å². The molecule has 10 heteroatoms. The Morgan fingerprint density at radius 2 is 2.03 bits per heavy atom. The molecule has 3 heterocycles. The summed E-state index contributed by atoms with van der Waals surface area (Å²) in [5, 5.41) is 16.8. The molecule has 10 nitrogen and oxygen atoms in total. The van der Waals surface area contributed by atoms with Crippen molar-refractivity contribution in [2.75, 3.05) is 26.7 Å². The van der Waals surface area contributed by atoms with E-state index in [0.29, 0.717) is 12.1 Å². The van der Waals surface area contributed by atoms with Crippen molar-refractivity contribution >= 4 is 18.9 Å². The zero-order chi connectivity index (χ0) is 25.5. The molecule has 2 aromatic rings. The van der Waals surface area contributed by atoms with Gasteiger partial charge in [-0.15, -0.1) is 0 Å². The van der Waals surface area contributed by atoms with Crippen molar-refractivity contribution in [1.82, 2.24) is 15.2 Å². The summed E-state index contributed by atoms with van der Waals surface area (Å²) in [6.07, 6.45) is 7.60. The fourth-order valence-electron chi connectivity index (χ4n) is 4.46. The van der Waals surface area contributed by atoms with Crippen LogP contribution in [0, 0.1) is 0 Å². The van der Waals surface area contributed by atoms with Crippen molar-refractivity contribution in [1.29, 1.82) is 0 Å². The number of aromatic nitrogens is 1. The maximum Gasteiger partial charge on any atom is 0.290 e. The summed E-state index contributed by atoms with van der Waals surface area (Å²) < 4.78 is 11.9. The van der Waals surface area contributed by atoms with E-state index in [1.165, 1.54) is 5.56 Å². The second kappa shape index (κ2) is 14.7. The van der Waals surface area contributed by atoms with Gasteiger partial charge < -0.3 is 25.0 Å². The van der Waals surface area contributed by atoms with Gasteiger partial charge in [0.1, 0.15) is 5.75 Å². The highest BCUT2D eigenvalue weighted by atomic mass is 16.5. The van der Waals surface area contributed by atoms with Crippen LogP contribution in [0.4, 0.5) is 0 Å². The third-order valence-electron chi connectivity index (χ3n) is 5.92. The molecule has 2 fully saturated rings. The number of nitrogens with zero attached hydrogens (tertiary/aromatic N) is 2. The van der Waals surface area contributed by atoms with Crippen LogP contribution in [0.3, 0.4) is 0 Å². The monoisotopic (exact) mass is 487 g/mol. The number of amides is 1. The molecule has 2 saturated heterocycles. The van der Waals surface area contributed by atoms with Crippen LogP contribution in [0.15, 0.2) is 48.8 Å². The Hall–Kier alpha value is -3.50. The number of rotatable bonds is 6. The second-order valence-electron chi connectivity index (χ2n) is 8.29. The fourth-order valence-corrected chi connectivity index (χ4v) is 4.46. The lowest BCUT2D eigenvalue weighted by Crippen LogP contribution is -2.46. The summed E-state index contributed by atoms with van der Waals surface area (Å²) in [5.41, 5.74) is 1.77. The lowest BCUT2D eigenvalue weighted by atomic mass is 9.90. The summed E-state index contributed by atoms with van der Waals surface area (Å²) >= 11 is 0. The largest absolute Gasteiger partial charge is 0.497 e. The molecule has 2 aliphatic heterocycles. The molecule has 0 saturated carbocycles. The summed E-state index contributed by atoms with van der Waals surface area (Å²) in [6.45, 7) is 2.93. The van der Waals surface area contributed by atoms with Crippen LogP contribution in [0.25, 0.3) is 0 Å². The number of benzene rings is 1. The first-order chi connectivity index (χ1) is 17.0. The standard InChI is InChI=1S/C23H29N3O3.2CH2O2/c1-28-20-7-2-5-18(13-20)16-26-12-10-23(17-26)9-3-8-21(29-23)15-25-22(27)19-6-4-11-24-14-19;2*2-1-3/h2,4-7,11,13-14,21H,3,8-10,12,15-17H2,1H3,(H,25,27);2*1H,(H,2,3)/t21-,23+;;/m0../s1. The highest BCUT2D eigenvalue weighted by Gasteiger charge is 2.42.